The topological polar surface area (TPSA) is 24.4 Å². The highest BCUT2D eigenvalue weighted by Crippen LogP contribution is 2.21. The molecule has 1 aromatic heterocycles. The first-order chi connectivity index (χ1) is 6.77. The second kappa shape index (κ2) is 5.83. The molecule has 0 saturated heterocycles. The first-order valence-corrected chi connectivity index (χ1v) is 5.61. The monoisotopic (exact) mass is 228 g/mol. The van der Waals surface area contributed by atoms with Gasteiger partial charge in [-0.05, 0) is 24.8 Å². The van der Waals surface area contributed by atoms with E-state index in [2.05, 4.69) is 17.2 Å². The summed E-state index contributed by atoms with van der Waals surface area (Å²) in [6.07, 6.45) is 4.95. The van der Waals surface area contributed by atoms with E-state index < -0.39 is 0 Å². The van der Waals surface area contributed by atoms with E-state index in [4.69, 9.17) is 11.6 Å². The maximum absolute atomic E-state index is 5.84. The number of allylic oxidation sites excluding steroid dienone is 1. The van der Waals surface area contributed by atoms with Crippen LogP contribution in [0.2, 0.25) is 4.34 Å². The Bertz CT molecular complexity index is 342. The Hall–Kier alpha value is -0.800. The van der Waals surface area contributed by atoms with E-state index in [1.54, 1.807) is 7.05 Å². The van der Waals surface area contributed by atoms with Gasteiger partial charge < -0.3 is 5.32 Å². The van der Waals surface area contributed by atoms with E-state index >= 15 is 0 Å². The van der Waals surface area contributed by atoms with Gasteiger partial charge in [-0.15, -0.1) is 11.3 Å². The van der Waals surface area contributed by atoms with Crippen molar-refractivity contribution in [3.8, 4) is 0 Å². The molecular formula is C10H13ClN2S. The fourth-order valence-electron chi connectivity index (χ4n) is 0.943. The van der Waals surface area contributed by atoms with Gasteiger partial charge in [0, 0.05) is 7.05 Å². The molecule has 1 aromatic rings. The summed E-state index contributed by atoms with van der Waals surface area (Å²) >= 11 is 7.36. The molecule has 0 aliphatic heterocycles. The first kappa shape index (κ1) is 11.3. The van der Waals surface area contributed by atoms with Crippen molar-refractivity contribution < 1.29 is 0 Å². The Morgan fingerprint density at radius 3 is 2.93 bits per heavy atom. The van der Waals surface area contributed by atoms with E-state index in [0.29, 0.717) is 0 Å². The molecule has 2 nitrogen and oxygen atoms in total. The third kappa shape index (κ3) is 3.16. The molecule has 0 aliphatic rings. The highest BCUT2D eigenvalue weighted by atomic mass is 35.5. The fraction of sp³-hybridized carbons (Fsp3) is 0.300. The zero-order valence-corrected chi connectivity index (χ0v) is 9.82. The van der Waals surface area contributed by atoms with E-state index in [0.717, 1.165) is 21.5 Å². The molecule has 0 atom stereocenters. The maximum atomic E-state index is 5.84. The highest BCUT2D eigenvalue weighted by Gasteiger charge is 2.03. The summed E-state index contributed by atoms with van der Waals surface area (Å²) in [5.41, 5.74) is 0. The lowest BCUT2D eigenvalue weighted by atomic mass is 10.4. The summed E-state index contributed by atoms with van der Waals surface area (Å²) in [4.78, 5) is 5.20. The molecule has 0 spiro atoms. The average molecular weight is 229 g/mol. The number of nitrogens with zero attached hydrogens (tertiary/aromatic N) is 1. The van der Waals surface area contributed by atoms with Gasteiger partial charge in [0.15, 0.2) is 0 Å². The molecule has 0 fully saturated rings. The van der Waals surface area contributed by atoms with Crippen molar-refractivity contribution in [2.75, 3.05) is 7.05 Å². The SMILES string of the molecule is CC/C=C/NC(=NC)c1ccc(Cl)s1. The Kier molecular flexibility index (Phi) is 4.70. The summed E-state index contributed by atoms with van der Waals surface area (Å²) in [6, 6.07) is 3.83. The quantitative estimate of drug-likeness (QED) is 0.623. The highest BCUT2D eigenvalue weighted by molar-refractivity contribution is 7.18. The van der Waals surface area contributed by atoms with Crippen LogP contribution in [-0.2, 0) is 0 Å². The number of rotatable bonds is 3. The minimum atomic E-state index is 0.780. The van der Waals surface area contributed by atoms with Crippen LogP contribution in [0.25, 0.3) is 0 Å². The van der Waals surface area contributed by atoms with Gasteiger partial charge in [0.1, 0.15) is 5.84 Å². The number of aliphatic imine (C=N–C) groups is 1. The van der Waals surface area contributed by atoms with Crippen LogP contribution in [0.5, 0.6) is 0 Å². The molecule has 0 amide bonds. The van der Waals surface area contributed by atoms with Crippen molar-refractivity contribution >= 4 is 28.8 Å². The van der Waals surface area contributed by atoms with Gasteiger partial charge in [-0.25, -0.2) is 0 Å². The third-order valence-electron chi connectivity index (χ3n) is 1.60. The molecule has 0 saturated carbocycles. The molecule has 0 bridgehead atoms. The van der Waals surface area contributed by atoms with Gasteiger partial charge in [0.05, 0.1) is 9.21 Å². The average Bonchev–Trinajstić information content (AvgIpc) is 2.60. The lowest BCUT2D eigenvalue weighted by Crippen LogP contribution is -2.16. The summed E-state index contributed by atoms with van der Waals surface area (Å²) in [5, 5.41) is 3.12. The van der Waals surface area contributed by atoms with Gasteiger partial charge in [-0.2, -0.15) is 0 Å². The summed E-state index contributed by atoms with van der Waals surface area (Å²) in [7, 11) is 1.76. The Morgan fingerprint density at radius 2 is 2.43 bits per heavy atom. The third-order valence-corrected chi connectivity index (χ3v) is 2.84. The van der Waals surface area contributed by atoms with Gasteiger partial charge in [-0.1, -0.05) is 24.6 Å². The zero-order valence-electron chi connectivity index (χ0n) is 8.25. The van der Waals surface area contributed by atoms with E-state index in [-0.39, 0.29) is 0 Å². The van der Waals surface area contributed by atoms with E-state index in [1.165, 1.54) is 11.3 Å². The van der Waals surface area contributed by atoms with Crippen molar-refractivity contribution in [2.45, 2.75) is 13.3 Å². The van der Waals surface area contributed by atoms with Crippen LogP contribution in [0.15, 0.2) is 29.4 Å². The Morgan fingerprint density at radius 1 is 1.64 bits per heavy atom. The summed E-state index contributed by atoms with van der Waals surface area (Å²) < 4.78 is 0.780. The van der Waals surface area contributed by atoms with Crippen molar-refractivity contribution in [2.24, 2.45) is 4.99 Å². The number of hydrogen-bond donors (Lipinski definition) is 1. The minimum absolute atomic E-state index is 0.780. The maximum Gasteiger partial charge on any atom is 0.142 e. The smallest absolute Gasteiger partial charge is 0.142 e. The van der Waals surface area contributed by atoms with Crippen molar-refractivity contribution in [3.63, 3.8) is 0 Å². The fourth-order valence-corrected chi connectivity index (χ4v) is 1.98. The zero-order chi connectivity index (χ0) is 10.4. The van der Waals surface area contributed by atoms with Crippen LogP contribution in [0.1, 0.15) is 18.2 Å². The predicted octanol–water partition coefficient (Wildman–Crippen LogP) is 3.29. The largest absolute Gasteiger partial charge is 0.346 e. The van der Waals surface area contributed by atoms with Crippen molar-refractivity contribution in [3.05, 3.63) is 33.6 Å². The molecule has 1 rings (SSSR count). The van der Waals surface area contributed by atoms with E-state index in [1.807, 2.05) is 24.4 Å². The Labute approximate surface area is 93.3 Å². The van der Waals surface area contributed by atoms with Crippen LogP contribution in [0.3, 0.4) is 0 Å². The number of nitrogens with one attached hydrogen (secondary N) is 1. The van der Waals surface area contributed by atoms with E-state index in [9.17, 15) is 0 Å². The number of hydrogen-bond acceptors (Lipinski definition) is 2. The summed E-state index contributed by atoms with van der Waals surface area (Å²) in [5.74, 6) is 0.853. The number of amidine groups is 1. The van der Waals surface area contributed by atoms with Crippen LogP contribution < -0.4 is 5.32 Å². The molecular weight excluding hydrogens is 216 g/mol. The molecule has 0 unspecified atom stereocenters. The van der Waals surface area contributed by atoms with Gasteiger partial charge in [0.25, 0.3) is 0 Å². The Balaban J connectivity index is 2.69. The second-order valence-corrected chi connectivity index (χ2v) is 4.35. The lowest BCUT2D eigenvalue weighted by Gasteiger charge is -2.01. The van der Waals surface area contributed by atoms with Gasteiger partial charge >= 0.3 is 0 Å². The lowest BCUT2D eigenvalue weighted by molar-refractivity contribution is 1.16. The molecule has 0 radical (unpaired) electrons. The molecule has 0 aromatic carbocycles. The number of thiophene rings is 1. The van der Waals surface area contributed by atoms with Gasteiger partial charge in [0.2, 0.25) is 0 Å². The molecule has 4 heteroatoms. The summed E-state index contributed by atoms with van der Waals surface area (Å²) in [6.45, 7) is 2.09. The molecule has 0 aliphatic carbocycles. The normalized spacial score (nSPS) is 12.4. The molecule has 14 heavy (non-hydrogen) atoms. The van der Waals surface area contributed by atoms with Crippen LogP contribution in [0.4, 0.5) is 0 Å². The molecule has 1 heterocycles. The van der Waals surface area contributed by atoms with Crippen LogP contribution >= 0.6 is 22.9 Å². The van der Waals surface area contributed by atoms with Crippen LogP contribution in [0, 0.1) is 0 Å². The first-order valence-electron chi connectivity index (χ1n) is 4.42. The van der Waals surface area contributed by atoms with Gasteiger partial charge in [-0.3, -0.25) is 4.99 Å². The number of halogens is 1. The minimum Gasteiger partial charge on any atom is -0.346 e. The molecule has 1 N–H and O–H groups in total. The predicted molar refractivity (Wildman–Crippen MR) is 64.4 cm³/mol. The standard InChI is InChI=1S/C10H13ClN2S/c1-3-4-7-13-10(12-2)8-5-6-9(11)14-8/h4-7H,3H2,1-2H3,(H,12,13)/b7-4+. The van der Waals surface area contributed by atoms with Crippen LogP contribution in [-0.4, -0.2) is 12.9 Å². The molecule has 76 valence electrons. The van der Waals surface area contributed by atoms with Crippen molar-refractivity contribution in [1.29, 1.82) is 0 Å². The van der Waals surface area contributed by atoms with Crippen molar-refractivity contribution in [1.82, 2.24) is 5.32 Å². The second-order valence-electron chi connectivity index (χ2n) is 2.63.